The Morgan fingerprint density at radius 1 is 1.04 bits per heavy atom. The van der Waals surface area contributed by atoms with E-state index >= 15 is 0 Å². The second kappa shape index (κ2) is 6.59. The lowest BCUT2D eigenvalue weighted by atomic mass is 9.86. The number of hydrogen-bond acceptors (Lipinski definition) is 4. The fourth-order valence-corrected chi connectivity index (χ4v) is 3.78. The van der Waals surface area contributed by atoms with Crippen LogP contribution in [0.4, 0.5) is 14.7 Å². The van der Waals surface area contributed by atoms with Gasteiger partial charge in [0.1, 0.15) is 11.6 Å². The van der Waals surface area contributed by atoms with Gasteiger partial charge in [0.2, 0.25) is 5.95 Å². The van der Waals surface area contributed by atoms with Crippen molar-refractivity contribution in [3.8, 4) is 0 Å². The van der Waals surface area contributed by atoms with Gasteiger partial charge in [-0.05, 0) is 42.4 Å². The number of aromatic amines is 1. The zero-order chi connectivity index (χ0) is 19.1. The van der Waals surface area contributed by atoms with Crippen molar-refractivity contribution in [1.82, 2.24) is 14.9 Å². The van der Waals surface area contributed by atoms with Crippen molar-refractivity contribution >= 4 is 5.95 Å². The summed E-state index contributed by atoms with van der Waals surface area (Å²) in [5, 5.41) is 0. The third-order valence-corrected chi connectivity index (χ3v) is 5.05. The molecule has 0 saturated carbocycles. The van der Waals surface area contributed by atoms with E-state index in [2.05, 4.69) is 9.97 Å². The largest absolute Gasteiger partial charge is 0.369 e. The topological polar surface area (TPSA) is 75.0 Å². The summed E-state index contributed by atoms with van der Waals surface area (Å²) in [5.41, 5.74) is 8.20. The van der Waals surface area contributed by atoms with Crippen molar-refractivity contribution in [2.75, 3.05) is 12.8 Å². The highest BCUT2D eigenvalue weighted by Crippen LogP contribution is 2.40. The van der Waals surface area contributed by atoms with Crippen LogP contribution in [0.5, 0.6) is 0 Å². The van der Waals surface area contributed by atoms with Crippen LogP contribution in [0.15, 0.2) is 53.3 Å². The van der Waals surface area contributed by atoms with Crippen LogP contribution >= 0.6 is 0 Å². The molecule has 3 N–H and O–H groups in total. The molecule has 1 aliphatic heterocycles. The molecule has 1 aliphatic rings. The minimum absolute atomic E-state index is 0.0546. The summed E-state index contributed by atoms with van der Waals surface area (Å²) in [6.45, 7) is 0. The van der Waals surface area contributed by atoms with E-state index in [9.17, 15) is 13.6 Å². The van der Waals surface area contributed by atoms with E-state index in [1.54, 1.807) is 24.3 Å². The summed E-state index contributed by atoms with van der Waals surface area (Å²) in [6.07, 6.45) is 0.462. The van der Waals surface area contributed by atoms with Gasteiger partial charge in [0.15, 0.2) is 0 Å². The first kappa shape index (κ1) is 17.4. The summed E-state index contributed by atoms with van der Waals surface area (Å²) in [6, 6.07) is 11.7. The predicted molar refractivity (Wildman–Crippen MR) is 98.1 cm³/mol. The van der Waals surface area contributed by atoms with Crippen molar-refractivity contribution in [2.45, 2.75) is 18.5 Å². The molecule has 0 radical (unpaired) electrons. The first-order valence-corrected chi connectivity index (χ1v) is 8.55. The summed E-state index contributed by atoms with van der Waals surface area (Å²) in [7, 11) is 1.89. The van der Waals surface area contributed by atoms with Gasteiger partial charge >= 0.3 is 0 Å². The normalized spacial score (nSPS) is 19.7. The number of nitrogens with one attached hydrogen (secondary N) is 1. The zero-order valence-corrected chi connectivity index (χ0v) is 14.6. The van der Waals surface area contributed by atoms with Gasteiger partial charge in [0.05, 0.1) is 17.3 Å². The SMILES string of the molecule is CN1C(c2ccc(F)cc2)Cc2nc(N)[nH]c(=O)c2C1c1ccc(F)cc1. The minimum atomic E-state index is -0.429. The molecule has 2 unspecified atom stereocenters. The molecule has 0 bridgehead atoms. The Balaban J connectivity index is 1.89. The maximum atomic E-state index is 13.4. The molecule has 3 aromatic rings. The Bertz CT molecular complexity index is 1030. The van der Waals surface area contributed by atoms with E-state index in [-0.39, 0.29) is 29.2 Å². The number of halogens is 2. The average Bonchev–Trinajstić information content (AvgIpc) is 2.63. The molecule has 2 aromatic carbocycles. The zero-order valence-electron chi connectivity index (χ0n) is 14.6. The van der Waals surface area contributed by atoms with Crippen molar-refractivity contribution in [3.05, 3.63) is 92.9 Å². The number of hydrogen-bond donors (Lipinski definition) is 2. The van der Waals surface area contributed by atoms with Crippen LogP contribution in [-0.2, 0) is 6.42 Å². The molecule has 2 atom stereocenters. The van der Waals surface area contributed by atoms with Crippen LogP contribution in [0.2, 0.25) is 0 Å². The quantitative estimate of drug-likeness (QED) is 0.729. The molecule has 4 rings (SSSR count). The first-order valence-electron chi connectivity index (χ1n) is 8.55. The number of aromatic nitrogens is 2. The lowest BCUT2D eigenvalue weighted by Gasteiger charge is -2.40. The average molecular weight is 368 g/mol. The van der Waals surface area contributed by atoms with Crippen molar-refractivity contribution in [2.24, 2.45) is 0 Å². The Kier molecular flexibility index (Phi) is 4.24. The third-order valence-electron chi connectivity index (χ3n) is 5.05. The number of H-pyrrole nitrogens is 1. The van der Waals surface area contributed by atoms with Gasteiger partial charge in [-0.15, -0.1) is 0 Å². The van der Waals surface area contributed by atoms with Crippen LogP contribution in [0, 0.1) is 11.6 Å². The minimum Gasteiger partial charge on any atom is -0.369 e. The maximum absolute atomic E-state index is 13.4. The molecule has 0 saturated heterocycles. The predicted octanol–water partition coefficient (Wildman–Crippen LogP) is 2.95. The van der Waals surface area contributed by atoms with Crippen molar-refractivity contribution in [1.29, 1.82) is 0 Å². The molecule has 1 aromatic heterocycles. The van der Waals surface area contributed by atoms with Gasteiger partial charge in [-0.3, -0.25) is 14.7 Å². The first-order chi connectivity index (χ1) is 12.9. The number of nitrogens with two attached hydrogens (primary N) is 1. The van der Waals surface area contributed by atoms with Crippen LogP contribution < -0.4 is 11.3 Å². The Morgan fingerprint density at radius 3 is 2.19 bits per heavy atom. The van der Waals surface area contributed by atoms with Crippen molar-refractivity contribution in [3.63, 3.8) is 0 Å². The second-order valence-corrected chi connectivity index (χ2v) is 6.70. The fourth-order valence-electron chi connectivity index (χ4n) is 3.78. The monoisotopic (exact) mass is 368 g/mol. The van der Waals surface area contributed by atoms with Gasteiger partial charge in [-0.2, -0.15) is 0 Å². The van der Waals surface area contributed by atoms with E-state index in [1.165, 1.54) is 24.3 Å². The van der Waals surface area contributed by atoms with E-state index in [0.717, 1.165) is 11.1 Å². The number of anilines is 1. The summed E-state index contributed by atoms with van der Waals surface area (Å²) in [5.74, 6) is -0.609. The second-order valence-electron chi connectivity index (χ2n) is 6.70. The number of benzene rings is 2. The highest BCUT2D eigenvalue weighted by atomic mass is 19.1. The Labute approximate surface area is 154 Å². The lowest BCUT2D eigenvalue weighted by Crippen LogP contribution is -2.40. The number of fused-ring (bicyclic) bond motifs is 1. The number of nitrogen functional groups attached to an aromatic ring is 1. The molecule has 2 heterocycles. The molecule has 27 heavy (non-hydrogen) atoms. The highest BCUT2D eigenvalue weighted by molar-refractivity contribution is 5.40. The smallest absolute Gasteiger partial charge is 0.257 e. The fraction of sp³-hybridized carbons (Fsp3) is 0.200. The van der Waals surface area contributed by atoms with Crippen molar-refractivity contribution < 1.29 is 8.78 Å². The van der Waals surface area contributed by atoms with E-state index < -0.39 is 6.04 Å². The molecule has 0 spiro atoms. The Morgan fingerprint density at radius 2 is 1.59 bits per heavy atom. The molecule has 7 heteroatoms. The number of likely N-dealkylation sites (N-methyl/N-ethyl adjacent to an activating group) is 1. The van der Waals surface area contributed by atoms with Gasteiger partial charge in [-0.1, -0.05) is 24.3 Å². The number of nitrogens with zero attached hydrogens (tertiary/aromatic N) is 2. The Hall–Kier alpha value is -3.06. The van der Waals surface area contributed by atoms with Gasteiger partial charge in [0, 0.05) is 12.5 Å². The molecule has 5 nitrogen and oxygen atoms in total. The van der Waals surface area contributed by atoms with Crippen LogP contribution in [0.25, 0.3) is 0 Å². The van der Waals surface area contributed by atoms with Gasteiger partial charge in [-0.25, -0.2) is 13.8 Å². The molecule has 0 aliphatic carbocycles. The highest BCUT2D eigenvalue weighted by Gasteiger charge is 2.36. The molecule has 0 fully saturated rings. The van der Waals surface area contributed by atoms with E-state index in [0.29, 0.717) is 17.7 Å². The van der Waals surface area contributed by atoms with Crippen LogP contribution in [0.1, 0.15) is 34.5 Å². The maximum Gasteiger partial charge on any atom is 0.257 e. The molecular formula is C20H18F2N4O. The lowest BCUT2D eigenvalue weighted by molar-refractivity contribution is 0.177. The molecule has 0 amide bonds. The molecule has 138 valence electrons. The van der Waals surface area contributed by atoms with Crippen LogP contribution in [0.3, 0.4) is 0 Å². The van der Waals surface area contributed by atoms with E-state index in [1.807, 2.05) is 11.9 Å². The van der Waals surface area contributed by atoms with Gasteiger partial charge < -0.3 is 5.73 Å². The number of rotatable bonds is 2. The summed E-state index contributed by atoms with van der Waals surface area (Å²) < 4.78 is 26.8. The summed E-state index contributed by atoms with van der Waals surface area (Å²) in [4.78, 5) is 21.6. The summed E-state index contributed by atoms with van der Waals surface area (Å²) >= 11 is 0. The van der Waals surface area contributed by atoms with Crippen LogP contribution in [-0.4, -0.2) is 21.9 Å². The van der Waals surface area contributed by atoms with E-state index in [4.69, 9.17) is 5.73 Å². The standard InChI is InChI=1S/C20H18F2N4O/c1-26-16(11-2-6-13(21)7-3-11)10-15-17(19(27)25-20(23)24-15)18(26)12-4-8-14(22)9-5-12/h2-9,16,18H,10H2,1H3,(H3,23,24,25,27). The third kappa shape index (κ3) is 3.10. The van der Waals surface area contributed by atoms with Gasteiger partial charge in [0.25, 0.3) is 5.56 Å². The molecular weight excluding hydrogens is 350 g/mol.